The Labute approximate surface area is 113 Å². The number of fused-ring (bicyclic) bond motifs is 1. The summed E-state index contributed by atoms with van der Waals surface area (Å²) in [5, 5.41) is 0. The highest BCUT2D eigenvalue weighted by molar-refractivity contribution is 9.10. The molecule has 0 saturated heterocycles. The van der Waals surface area contributed by atoms with Gasteiger partial charge in [-0.1, -0.05) is 12.1 Å². The molecular weight excluding hydrogens is 292 g/mol. The van der Waals surface area contributed by atoms with Crippen LogP contribution in [0.1, 0.15) is 0 Å². The topological polar surface area (TPSA) is 26.5 Å². The third-order valence-corrected chi connectivity index (χ3v) is 3.54. The second-order valence-electron chi connectivity index (χ2n) is 3.89. The lowest BCUT2D eigenvalue weighted by atomic mass is 10.2. The molecule has 0 saturated carbocycles. The maximum Gasteiger partial charge on any atom is 0.148 e. The van der Waals surface area contributed by atoms with Crippen LogP contribution in [0, 0.1) is 0 Å². The number of halogens is 1. The van der Waals surface area contributed by atoms with Crippen molar-refractivity contribution in [3.05, 3.63) is 53.3 Å². The maximum atomic E-state index is 5.38. The number of hydrogen-bond acceptors (Lipinski definition) is 2. The number of nitrogens with zero attached hydrogens (tertiary/aromatic N) is 2. The standard InChI is InChI=1S/C14H11BrN2O/c1-18-13-7-3-2-5-10(13)14-16-9-12-11(15)6-4-8-17(12)14/h2-9H,1H3. The number of ether oxygens (including phenoxy) is 1. The van der Waals surface area contributed by atoms with Crippen molar-refractivity contribution in [2.75, 3.05) is 7.11 Å². The second-order valence-corrected chi connectivity index (χ2v) is 4.75. The molecule has 3 aromatic rings. The lowest BCUT2D eigenvalue weighted by Gasteiger charge is -2.07. The van der Waals surface area contributed by atoms with Gasteiger partial charge in [-0.25, -0.2) is 4.98 Å². The molecule has 0 aliphatic rings. The van der Waals surface area contributed by atoms with Crippen LogP contribution in [0.2, 0.25) is 0 Å². The molecule has 90 valence electrons. The van der Waals surface area contributed by atoms with Gasteiger partial charge in [0.25, 0.3) is 0 Å². The molecule has 18 heavy (non-hydrogen) atoms. The Morgan fingerprint density at radius 2 is 2.00 bits per heavy atom. The van der Waals surface area contributed by atoms with Gasteiger partial charge in [0.2, 0.25) is 0 Å². The van der Waals surface area contributed by atoms with E-state index in [4.69, 9.17) is 4.74 Å². The number of benzene rings is 1. The first-order valence-corrected chi connectivity index (χ1v) is 6.35. The van der Waals surface area contributed by atoms with Crippen LogP contribution >= 0.6 is 15.9 Å². The molecule has 0 radical (unpaired) electrons. The molecule has 0 fully saturated rings. The molecule has 2 heterocycles. The maximum absolute atomic E-state index is 5.38. The zero-order valence-electron chi connectivity index (χ0n) is 9.80. The van der Waals surface area contributed by atoms with Crippen molar-refractivity contribution in [3.63, 3.8) is 0 Å². The largest absolute Gasteiger partial charge is 0.496 e. The molecular formula is C14H11BrN2O. The summed E-state index contributed by atoms with van der Waals surface area (Å²) < 4.78 is 8.45. The van der Waals surface area contributed by atoms with E-state index in [0.717, 1.165) is 27.1 Å². The van der Waals surface area contributed by atoms with E-state index in [9.17, 15) is 0 Å². The average Bonchev–Trinajstić information content (AvgIpc) is 2.84. The van der Waals surface area contributed by atoms with Gasteiger partial charge in [0.1, 0.15) is 11.6 Å². The summed E-state index contributed by atoms with van der Waals surface area (Å²) >= 11 is 3.53. The highest BCUT2D eigenvalue weighted by Crippen LogP contribution is 2.30. The van der Waals surface area contributed by atoms with Crippen LogP contribution < -0.4 is 4.74 Å². The van der Waals surface area contributed by atoms with E-state index >= 15 is 0 Å². The molecule has 3 nitrogen and oxygen atoms in total. The summed E-state index contributed by atoms with van der Waals surface area (Å²) in [7, 11) is 1.67. The molecule has 0 bridgehead atoms. The van der Waals surface area contributed by atoms with Gasteiger partial charge in [-0.05, 0) is 40.2 Å². The van der Waals surface area contributed by atoms with E-state index in [-0.39, 0.29) is 0 Å². The van der Waals surface area contributed by atoms with Gasteiger partial charge in [-0.2, -0.15) is 0 Å². The van der Waals surface area contributed by atoms with Gasteiger partial charge in [-0.3, -0.25) is 4.40 Å². The Balaban J connectivity index is 2.29. The summed E-state index contributed by atoms with van der Waals surface area (Å²) in [6, 6.07) is 11.9. The van der Waals surface area contributed by atoms with Crippen molar-refractivity contribution >= 4 is 21.4 Å². The Kier molecular flexibility index (Phi) is 2.80. The molecule has 2 aromatic heterocycles. The van der Waals surface area contributed by atoms with Crippen molar-refractivity contribution in [1.82, 2.24) is 9.38 Å². The Morgan fingerprint density at radius 3 is 2.83 bits per heavy atom. The first kappa shape index (κ1) is 11.3. The molecule has 0 aliphatic heterocycles. The van der Waals surface area contributed by atoms with Gasteiger partial charge in [-0.15, -0.1) is 0 Å². The highest BCUT2D eigenvalue weighted by atomic mass is 79.9. The van der Waals surface area contributed by atoms with Crippen molar-refractivity contribution in [2.45, 2.75) is 0 Å². The average molecular weight is 303 g/mol. The number of aromatic nitrogens is 2. The predicted molar refractivity (Wildman–Crippen MR) is 74.9 cm³/mol. The molecule has 0 unspecified atom stereocenters. The lowest BCUT2D eigenvalue weighted by Crippen LogP contribution is -1.92. The SMILES string of the molecule is COc1ccccc1-c1ncc2c(Br)cccn12. The number of imidazole rings is 1. The first-order chi connectivity index (χ1) is 8.81. The number of pyridine rings is 1. The molecule has 3 rings (SSSR count). The summed E-state index contributed by atoms with van der Waals surface area (Å²) in [6.45, 7) is 0. The van der Waals surface area contributed by atoms with E-state index in [1.165, 1.54) is 0 Å². The zero-order chi connectivity index (χ0) is 12.5. The van der Waals surface area contributed by atoms with Gasteiger partial charge in [0, 0.05) is 10.7 Å². The van der Waals surface area contributed by atoms with Gasteiger partial charge in [0.15, 0.2) is 0 Å². The van der Waals surface area contributed by atoms with Crippen LogP contribution in [0.5, 0.6) is 5.75 Å². The van der Waals surface area contributed by atoms with E-state index < -0.39 is 0 Å². The monoisotopic (exact) mass is 302 g/mol. The smallest absolute Gasteiger partial charge is 0.148 e. The van der Waals surface area contributed by atoms with Crippen LogP contribution in [0.15, 0.2) is 53.3 Å². The number of rotatable bonds is 2. The second kappa shape index (κ2) is 4.46. The van der Waals surface area contributed by atoms with Crippen LogP contribution in [0.4, 0.5) is 0 Å². The van der Waals surface area contributed by atoms with Crippen molar-refractivity contribution in [1.29, 1.82) is 0 Å². The number of hydrogen-bond donors (Lipinski definition) is 0. The van der Waals surface area contributed by atoms with Crippen molar-refractivity contribution in [2.24, 2.45) is 0 Å². The van der Waals surface area contributed by atoms with Crippen molar-refractivity contribution < 1.29 is 4.74 Å². The Hall–Kier alpha value is -1.81. The van der Waals surface area contributed by atoms with E-state index in [2.05, 4.69) is 20.9 Å². The van der Waals surface area contributed by atoms with Crippen LogP contribution in [0.3, 0.4) is 0 Å². The number of para-hydroxylation sites is 1. The predicted octanol–water partition coefficient (Wildman–Crippen LogP) is 3.77. The molecule has 0 N–H and O–H groups in total. The lowest BCUT2D eigenvalue weighted by molar-refractivity contribution is 0.416. The van der Waals surface area contributed by atoms with Gasteiger partial charge >= 0.3 is 0 Å². The minimum Gasteiger partial charge on any atom is -0.496 e. The molecule has 1 aromatic carbocycles. The van der Waals surface area contributed by atoms with E-state index in [1.807, 2.05) is 53.2 Å². The Morgan fingerprint density at radius 1 is 1.17 bits per heavy atom. The fraction of sp³-hybridized carbons (Fsp3) is 0.0714. The first-order valence-electron chi connectivity index (χ1n) is 5.56. The minimum absolute atomic E-state index is 0.824. The third-order valence-electron chi connectivity index (χ3n) is 2.87. The highest BCUT2D eigenvalue weighted by Gasteiger charge is 2.11. The fourth-order valence-electron chi connectivity index (χ4n) is 2.02. The number of methoxy groups -OCH3 is 1. The van der Waals surface area contributed by atoms with Crippen LogP contribution in [-0.4, -0.2) is 16.5 Å². The summed E-state index contributed by atoms with van der Waals surface area (Å²) in [4.78, 5) is 4.49. The summed E-state index contributed by atoms with van der Waals surface area (Å²) in [5.41, 5.74) is 2.02. The van der Waals surface area contributed by atoms with E-state index in [0.29, 0.717) is 0 Å². The van der Waals surface area contributed by atoms with E-state index in [1.54, 1.807) is 7.11 Å². The van der Waals surface area contributed by atoms with Crippen molar-refractivity contribution in [3.8, 4) is 17.1 Å². The molecule has 0 amide bonds. The molecule has 0 aliphatic carbocycles. The molecule has 0 atom stereocenters. The zero-order valence-corrected chi connectivity index (χ0v) is 11.4. The third kappa shape index (κ3) is 1.69. The summed E-state index contributed by atoms with van der Waals surface area (Å²) in [5.74, 6) is 1.70. The van der Waals surface area contributed by atoms with Gasteiger partial charge < -0.3 is 4.74 Å². The molecule has 4 heteroatoms. The fourth-order valence-corrected chi connectivity index (χ4v) is 2.46. The molecule has 0 spiro atoms. The summed E-state index contributed by atoms with van der Waals surface area (Å²) in [6.07, 6.45) is 3.85. The normalized spacial score (nSPS) is 10.8. The Bertz CT molecular complexity index is 706. The minimum atomic E-state index is 0.824. The quantitative estimate of drug-likeness (QED) is 0.720. The van der Waals surface area contributed by atoms with Crippen LogP contribution in [0.25, 0.3) is 16.9 Å². The van der Waals surface area contributed by atoms with Gasteiger partial charge in [0.05, 0.1) is 24.4 Å². The van der Waals surface area contributed by atoms with Crippen LogP contribution in [-0.2, 0) is 0 Å².